The van der Waals surface area contributed by atoms with E-state index < -0.39 is 0 Å². The average Bonchev–Trinajstić information content (AvgIpc) is 3.74. The third-order valence-electron chi connectivity index (χ3n) is 5.89. The van der Waals surface area contributed by atoms with E-state index in [1.807, 2.05) is 50.2 Å². The summed E-state index contributed by atoms with van der Waals surface area (Å²) in [6.45, 7) is 0. The summed E-state index contributed by atoms with van der Waals surface area (Å²) < 4.78 is 3.29. The van der Waals surface area contributed by atoms with Gasteiger partial charge in [0.2, 0.25) is 0 Å². The normalized spacial score (nSPS) is 10.5. The van der Waals surface area contributed by atoms with E-state index in [0.717, 1.165) is 48.9 Å². The van der Waals surface area contributed by atoms with Crippen LogP contribution in [-0.2, 0) is 14.1 Å². The standard InChI is InChI=1S/2C9H11N5S.C8H9N5S/c1-14-4-6(9(10)13-14)7-3-8(15-2)12-5-11-7;1-14-9(10)6(4-13-14)7-3-8(15-2)12-5-11-7;1-14-7-2-6(10-4-11-7)5-3-12-13-8(5)9/h3-5H,1-2H3,(H2,10,13);3-5H,10H2,1-2H3;2-4H,1H3,(H3,9,12,13). The van der Waals surface area contributed by atoms with Gasteiger partial charge in [-0.1, -0.05) is 0 Å². The number of hydrogen-bond donors (Lipinski definition) is 4. The van der Waals surface area contributed by atoms with Gasteiger partial charge in [-0.05, 0) is 37.0 Å². The largest absolute Gasteiger partial charge is 0.384 e. The lowest BCUT2D eigenvalue weighted by Gasteiger charge is -2.01. The van der Waals surface area contributed by atoms with Gasteiger partial charge in [-0.3, -0.25) is 14.5 Å². The minimum atomic E-state index is 0.489. The Labute approximate surface area is 266 Å². The van der Waals surface area contributed by atoms with E-state index in [1.54, 1.807) is 64.1 Å². The Morgan fingerprint density at radius 3 is 1.55 bits per heavy atom. The molecule has 0 aliphatic rings. The fourth-order valence-electron chi connectivity index (χ4n) is 3.64. The SMILES string of the molecule is CSc1cc(-c2cn(C)nc2N)ncn1.CSc1cc(-c2cn[nH]c2N)ncn1.CSc1cc(-c2cnn(C)c2N)ncn1. The highest BCUT2D eigenvalue weighted by atomic mass is 32.2. The zero-order valence-electron chi connectivity index (χ0n) is 24.6. The highest BCUT2D eigenvalue weighted by Gasteiger charge is 2.10. The van der Waals surface area contributed by atoms with Gasteiger partial charge in [0.15, 0.2) is 5.82 Å². The van der Waals surface area contributed by atoms with E-state index in [0.29, 0.717) is 17.5 Å². The summed E-state index contributed by atoms with van der Waals surface area (Å²) in [6, 6.07) is 5.68. The van der Waals surface area contributed by atoms with Crippen molar-refractivity contribution < 1.29 is 0 Å². The molecule has 0 amide bonds. The Kier molecular flexibility index (Phi) is 11.1. The van der Waals surface area contributed by atoms with E-state index in [1.165, 1.54) is 19.0 Å². The molecule has 0 fully saturated rings. The molecule has 6 rings (SSSR count). The number of aromatic amines is 1. The number of H-pyrrole nitrogens is 1. The Bertz CT molecular complexity index is 1770. The Morgan fingerprint density at radius 2 is 1.16 bits per heavy atom. The van der Waals surface area contributed by atoms with Crippen LogP contribution in [-0.4, -0.2) is 78.4 Å². The molecule has 6 aromatic rings. The monoisotopic (exact) mass is 649 g/mol. The predicted octanol–water partition coefficient (Wildman–Crippen LogP) is 3.53. The maximum atomic E-state index is 5.86. The predicted molar refractivity (Wildman–Crippen MR) is 177 cm³/mol. The van der Waals surface area contributed by atoms with Crippen LogP contribution in [0.4, 0.5) is 17.5 Å². The van der Waals surface area contributed by atoms with Crippen LogP contribution in [0, 0.1) is 0 Å². The molecular weight excluding hydrogens is 619 g/mol. The third kappa shape index (κ3) is 8.03. The molecule has 228 valence electrons. The summed E-state index contributed by atoms with van der Waals surface area (Å²) in [5.41, 5.74) is 22.2. The molecule has 44 heavy (non-hydrogen) atoms. The number of thioether (sulfide) groups is 3. The van der Waals surface area contributed by atoms with E-state index >= 15 is 0 Å². The molecule has 0 unspecified atom stereocenters. The lowest BCUT2D eigenvalue weighted by atomic mass is 10.2. The van der Waals surface area contributed by atoms with Crippen molar-refractivity contribution in [2.45, 2.75) is 15.1 Å². The summed E-state index contributed by atoms with van der Waals surface area (Å²) in [4.78, 5) is 24.8. The molecule has 0 aliphatic carbocycles. The van der Waals surface area contributed by atoms with E-state index in [9.17, 15) is 0 Å². The molecule has 0 aliphatic heterocycles. The molecule has 0 radical (unpaired) electrons. The topological polar surface area (TPSA) is 220 Å². The number of nitrogens with two attached hydrogens (primary N) is 3. The molecule has 7 N–H and O–H groups in total. The van der Waals surface area contributed by atoms with Crippen LogP contribution in [0.2, 0.25) is 0 Å². The fourth-order valence-corrected chi connectivity index (χ4v) is 4.79. The van der Waals surface area contributed by atoms with Crippen molar-refractivity contribution in [3.8, 4) is 33.8 Å². The van der Waals surface area contributed by atoms with Gasteiger partial charge in [-0.15, -0.1) is 35.3 Å². The molecule has 0 aromatic carbocycles. The number of nitrogens with zero attached hydrogens (tertiary/aromatic N) is 11. The highest BCUT2D eigenvalue weighted by Crippen LogP contribution is 2.26. The van der Waals surface area contributed by atoms with E-state index in [2.05, 4.69) is 50.3 Å². The van der Waals surface area contributed by atoms with Crippen molar-refractivity contribution in [2.75, 3.05) is 36.0 Å². The summed E-state index contributed by atoms with van der Waals surface area (Å²) in [6.07, 6.45) is 15.7. The second kappa shape index (κ2) is 15.2. The summed E-state index contributed by atoms with van der Waals surface area (Å²) in [5.74, 6) is 1.62. The maximum absolute atomic E-state index is 5.86. The number of aryl methyl sites for hydroxylation is 2. The van der Waals surface area contributed by atoms with Crippen LogP contribution < -0.4 is 17.2 Å². The molecule has 0 saturated carbocycles. The quantitative estimate of drug-likeness (QED) is 0.150. The van der Waals surface area contributed by atoms with Crippen LogP contribution in [0.25, 0.3) is 33.8 Å². The van der Waals surface area contributed by atoms with Crippen molar-refractivity contribution in [1.29, 1.82) is 0 Å². The second-order valence-electron chi connectivity index (χ2n) is 8.70. The van der Waals surface area contributed by atoms with Gasteiger partial charge < -0.3 is 17.2 Å². The van der Waals surface area contributed by atoms with Crippen LogP contribution in [0.5, 0.6) is 0 Å². The van der Waals surface area contributed by atoms with Crippen LogP contribution >= 0.6 is 35.3 Å². The highest BCUT2D eigenvalue weighted by molar-refractivity contribution is 7.99. The van der Waals surface area contributed by atoms with Crippen molar-refractivity contribution >= 4 is 52.7 Å². The molecular formula is C26H31N15S3. The number of rotatable bonds is 6. The molecule has 0 bridgehead atoms. The van der Waals surface area contributed by atoms with Crippen LogP contribution in [0.15, 0.2) is 70.8 Å². The average molecular weight is 650 g/mol. The minimum Gasteiger partial charge on any atom is -0.384 e. The Morgan fingerprint density at radius 1 is 0.659 bits per heavy atom. The smallest absolute Gasteiger partial charge is 0.154 e. The maximum Gasteiger partial charge on any atom is 0.154 e. The Hall–Kier alpha value is -4.68. The summed E-state index contributed by atoms with van der Waals surface area (Å²) in [7, 11) is 3.63. The number of aromatic nitrogens is 12. The van der Waals surface area contributed by atoms with Crippen molar-refractivity contribution in [2.24, 2.45) is 14.1 Å². The first-order valence-electron chi connectivity index (χ1n) is 12.7. The number of nitrogens with one attached hydrogen (secondary N) is 1. The van der Waals surface area contributed by atoms with E-state index in [4.69, 9.17) is 17.2 Å². The van der Waals surface area contributed by atoms with Crippen LogP contribution in [0.3, 0.4) is 0 Å². The zero-order chi connectivity index (χ0) is 31.6. The van der Waals surface area contributed by atoms with E-state index in [-0.39, 0.29) is 0 Å². The lowest BCUT2D eigenvalue weighted by Crippen LogP contribution is -1.98. The van der Waals surface area contributed by atoms with Gasteiger partial charge in [-0.25, -0.2) is 29.9 Å². The first-order chi connectivity index (χ1) is 21.2. The molecule has 6 heterocycles. The van der Waals surface area contributed by atoms with Gasteiger partial charge in [-0.2, -0.15) is 15.3 Å². The number of anilines is 3. The van der Waals surface area contributed by atoms with Crippen molar-refractivity contribution in [3.63, 3.8) is 0 Å². The van der Waals surface area contributed by atoms with Gasteiger partial charge in [0.25, 0.3) is 0 Å². The first-order valence-corrected chi connectivity index (χ1v) is 16.4. The number of hydrogen-bond acceptors (Lipinski definition) is 15. The molecule has 0 saturated heterocycles. The zero-order valence-corrected chi connectivity index (χ0v) is 27.0. The summed E-state index contributed by atoms with van der Waals surface area (Å²) >= 11 is 4.71. The minimum absolute atomic E-state index is 0.489. The van der Waals surface area contributed by atoms with Crippen molar-refractivity contribution in [1.82, 2.24) is 59.7 Å². The van der Waals surface area contributed by atoms with Gasteiger partial charge in [0.1, 0.15) is 30.6 Å². The molecule has 18 heteroatoms. The molecule has 0 atom stereocenters. The van der Waals surface area contributed by atoms with Gasteiger partial charge in [0.05, 0.1) is 61.2 Å². The Balaban J connectivity index is 0.000000151. The third-order valence-corrected chi connectivity index (χ3v) is 7.82. The van der Waals surface area contributed by atoms with Crippen molar-refractivity contribution in [3.05, 3.63) is 55.8 Å². The molecule has 15 nitrogen and oxygen atoms in total. The second-order valence-corrected chi connectivity index (χ2v) is 11.2. The molecule has 6 aromatic heterocycles. The fraction of sp³-hybridized carbons (Fsp3) is 0.192. The lowest BCUT2D eigenvalue weighted by molar-refractivity contribution is 0.772. The first kappa shape index (κ1) is 32.2. The molecule has 0 spiro atoms. The summed E-state index contributed by atoms with van der Waals surface area (Å²) in [5, 5.41) is 17.4. The van der Waals surface area contributed by atoms with Gasteiger partial charge >= 0.3 is 0 Å². The number of nitrogen functional groups attached to an aromatic ring is 3. The van der Waals surface area contributed by atoms with Gasteiger partial charge in [0, 0.05) is 20.3 Å². The van der Waals surface area contributed by atoms with Crippen LogP contribution in [0.1, 0.15) is 0 Å².